The molecule has 86 valence electrons. The van der Waals surface area contributed by atoms with E-state index in [-0.39, 0.29) is 6.61 Å². The fourth-order valence-electron chi connectivity index (χ4n) is 1.07. The summed E-state index contributed by atoms with van der Waals surface area (Å²) >= 11 is 0. The van der Waals surface area contributed by atoms with Gasteiger partial charge in [-0.25, -0.2) is 15.0 Å². The minimum absolute atomic E-state index is 0.0609. The fraction of sp³-hybridized carbons (Fsp3) is 1.00. The summed E-state index contributed by atoms with van der Waals surface area (Å²) in [5.41, 5.74) is -1.92. The van der Waals surface area contributed by atoms with Gasteiger partial charge in [-0.3, -0.25) is 5.26 Å². The first-order valence-corrected chi connectivity index (χ1v) is 4.20. The molecule has 0 heterocycles. The lowest BCUT2D eigenvalue weighted by atomic mass is 10.1. The molecule has 0 aromatic rings. The molecule has 0 spiro atoms. The van der Waals surface area contributed by atoms with Gasteiger partial charge in [-0.05, 0) is 27.7 Å². The normalized spacial score (nSPS) is 15.6. The standard InChI is InChI=1S/C8H18O6/c1-7(2,5-12-10)14-8(3,4)6(9)13-11/h6,9-11H,5H2,1-4H3. The number of hydrogen-bond donors (Lipinski definition) is 3. The van der Waals surface area contributed by atoms with Gasteiger partial charge in [-0.15, -0.1) is 0 Å². The summed E-state index contributed by atoms with van der Waals surface area (Å²) < 4.78 is 5.40. The summed E-state index contributed by atoms with van der Waals surface area (Å²) in [5, 5.41) is 25.8. The van der Waals surface area contributed by atoms with Gasteiger partial charge in [0, 0.05) is 0 Å². The Morgan fingerprint density at radius 3 is 2.00 bits per heavy atom. The van der Waals surface area contributed by atoms with Crippen molar-refractivity contribution in [3.8, 4) is 0 Å². The molecule has 0 fully saturated rings. The van der Waals surface area contributed by atoms with Gasteiger partial charge in [-0.1, -0.05) is 0 Å². The van der Waals surface area contributed by atoms with Gasteiger partial charge in [0.15, 0.2) is 0 Å². The van der Waals surface area contributed by atoms with Gasteiger partial charge in [-0.2, -0.15) is 0 Å². The number of hydrogen-bond acceptors (Lipinski definition) is 6. The van der Waals surface area contributed by atoms with Crippen LogP contribution in [0.15, 0.2) is 0 Å². The topological polar surface area (TPSA) is 88.4 Å². The second-order valence-corrected chi connectivity index (χ2v) is 4.20. The third kappa shape index (κ3) is 4.32. The Morgan fingerprint density at radius 1 is 1.14 bits per heavy atom. The number of rotatable bonds is 6. The Hall–Kier alpha value is -0.240. The van der Waals surface area contributed by atoms with Crippen molar-refractivity contribution in [3.05, 3.63) is 0 Å². The molecule has 0 bridgehead atoms. The highest BCUT2D eigenvalue weighted by atomic mass is 17.1. The highest BCUT2D eigenvalue weighted by molar-refractivity contribution is 4.78. The molecule has 0 aromatic carbocycles. The third-order valence-corrected chi connectivity index (χ3v) is 1.65. The summed E-state index contributed by atoms with van der Waals surface area (Å²) in [5.74, 6) is 0. The van der Waals surface area contributed by atoms with E-state index in [1.807, 2.05) is 0 Å². The molecule has 6 heteroatoms. The zero-order chi connectivity index (χ0) is 11.4. The minimum Gasteiger partial charge on any atom is -0.363 e. The first kappa shape index (κ1) is 13.8. The van der Waals surface area contributed by atoms with E-state index < -0.39 is 17.5 Å². The lowest BCUT2D eigenvalue weighted by molar-refractivity contribution is -0.387. The summed E-state index contributed by atoms with van der Waals surface area (Å²) in [6, 6.07) is 0. The molecule has 0 saturated heterocycles. The van der Waals surface area contributed by atoms with Crippen molar-refractivity contribution in [1.82, 2.24) is 0 Å². The molecule has 0 aliphatic carbocycles. The van der Waals surface area contributed by atoms with E-state index in [0.29, 0.717) is 0 Å². The first-order valence-electron chi connectivity index (χ1n) is 4.20. The number of aliphatic hydroxyl groups is 1. The van der Waals surface area contributed by atoms with Gasteiger partial charge in [0.1, 0.15) is 12.2 Å². The highest BCUT2D eigenvalue weighted by Gasteiger charge is 2.36. The van der Waals surface area contributed by atoms with Crippen molar-refractivity contribution in [1.29, 1.82) is 0 Å². The molecule has 0 radical (unpaired) electrons. The van der Waals surface area contributed by atoms with E-state index >= 15 is 0 Å². The van der Waals surface area contributed by atoms with E-state index in [2.05, 4.69) is 9.78 Å². The third-order valence-electron chi connectivity index (χ3n) is 1.65. The van der Waals surface area contributed by atoms with Crippen LogP contribution >= 0.6 is 0 Å². The average molecular weight is 210 g/mol. The summed E-state index contributed by atoms with van der Waals surface area (Å²) in [6.07, 6.45) is -1.47. The van der Waals surface area contributed by atoms with Crippen LogP contribution in [0, 0.1) is 0 Å². The fourth-order valence-corrected chi connectivity index (χ4v) is 1.07. The molecule has 0 aliphatic heterocycles. The Balaban J connectivity index is 4.33. The van der Waals surface area contributed by atoms with Crippen molar-refractivity contribution >= 4 is 0 Å². The smallest absolute Gasteiger partial charge is 0.217 e. The van der Waals surface area contributed by atoms with E-state index in [9.17, 15) is 5.11 Å². The molecule has 0 aliphatic rings. The predicted molar refractivity (Wildman–Crippen MR) is 47.5 cm³/mol. The molecule has 0 saturated carbocycles. The average Bonchev–Trinajstić information content (AvgIpc) is 2.00. The number of ether oxygens (including phenoxy) is 1. The Kier molecular flexibility index (Phi) is 4.93. The van der Waals surface area contributed by atoms with Crippen molar-refractivity contribution in [2.45, 2.75) is 45.2 Å². The van der Waals surface area contributed by atoms with Crippen molar-refractivity contribution < 1.29 is 30.1 Å². The summed E-state index contributed by atoms with van der Waals surface area (Å²) in [7, 11) is 0. The van der Waals surface area contributed by atoms with Crippen LogP contribution in [0.25, 0.3) is 0 Å². The Labute approximate surface area is 82.9 Å². The Morgan fingerprint density at radius 2 is 1.64 bits per heavy atom. The quantitative estimate of drug-likeness (QED) is 0.342. The summed E-state index contributed by atoms with van der Waals surface area (Å²) in [6.45, 7) is 6.33. The van der Waals surface area contributed by atoms with Crippen molar-refractivity contribution in [2.75, 3.05) is 6.61 Å². The van der Waals surface area contributed by atoms with Crippen LogP contribution in [0.4, 0.5) is 0 Å². The lowest BCUT2D eigenvalue weighted by Gasteiger charge is -2.36. The first-order chi connectivity index (χ1) is 6.25. The largest absolute Gasteiger partial charge is 0.363 e. The maximum absolute atomic E-state index is 9.22. The molecule has 0 rings (SSSR count). The second kappa shape index (κ2) is 5.01. The van der Waals surface area contributed by atoms with Crippen LogP contribution in [-0.2, 0) is 14.5 Å². The SMILES string of the molecule is CC(C)(COO)OC(C)(C)C(O)OO. The monoisotopic (exact) mass is 210 g/mol. The van der Waals surface area contributed by atoms with Crippen LogP contribution in [0.2, 0.25) is 0 Å². The molecule has 1 atom stereocenters. The minimum atomic E-state index is -1.47. The van der Waals surface area contributed by atoms with Gasteiger partial charge in [0.25, 0.3) is 0 Å². The summed E-state index contributed by atoms with van der Waals surface area (Å²) in [4.78, 5) is 7.72. The lowest BCUT2D eigenvalue weighted by Crippen LogP contribution is -2.48. The molecule has 0 aromatic heterocycles. The number of aliphatic hydroxyl groups excluding tert-OH is 1. The molecule has 0 amide bonds. The molecule has 6 nitrogen and oxygen atoms in total. The van der Waals surface area contributed by atoms with Crippen LogP contribution in [0.5, 0.6) is 0 Å². The van der Waals surface area contributed by atoms with Crippen LogP contribution in [0.1, 0.15) is 27.7 Å². The van der Waals surface area contributed by atoms with E-state index in [0.717, 1.165) is 0 Å². The maximum atomic E-state index is 9.22. The molecule has 3 N–H and O–H groups in total. The van der Waals surface area contributed by atoms with E-state index in [1.165, 1.54) is 13.8 Å². The van der Waals surface area contributed by atoms with Gasteiger partial charge >= 0.3 is 0 Å². The van der Waals surface area contributed by atoms with Gasteiger partial charge in [0.2, 0.25) is 6.29 Å². The molecular formula is C8H18O6. The van der Waals surface area contributed by atoms with E-state index in [1.54, 1.807) is 13.8 Å². The maximum Gasteiger partial charge on any atom is 0.217 e. The van der Waals surface area contributed by atoms with Gasteiger partial charge < -0.3 is 9.84 Å². The Bertz CT molecular complexity index is 167. The van der Waals surface area contributed by atoms with Crippen molar-refractivity contribution in [2.24, 2.45) is 0 Å². The van der Waals surface area contributed by atoms with Crippen LogP contribution in [0.3, 0.4) is 0 Å². The molecule has 14 heavy (non-hydrogen) atoms. The highest BCUT2D eigenvalue weighted by Crippen LogP contribution is 2.23. The van der Waals surface area contributed by atoms with Crippen LogP contribution in [-0.4, -0.2) is 39.7 Å². The van der Waals surface area contributed by atoms with Gasteiger partial charge in [0.05, 0.1) is 5.60 Å². The van der Waals surface area contributed by atoms with Crippen molar-refractivity contribution in [3.63, 3.8) is 0 Å². The zero-order valence-corrected chi connectivity index (χ0v) is 8.85. The molecular weight excluding hydrogens is 192 g/mol. The zero-order valence-electron chi connectivity index (χ0n) is 8.85. The molecule has 1 unspecified atom stereocenters. The second-order valence-electron chi connectivity index (χ2n) is 4.20. The predicted octanol–water partition coefficient (Wildman–Crippen LogP) is 0.858. The van der Waals surface area contributed by atoms with Crippen LogP contribution < -0.4 is 0 Å². The van der Waals surface area contributed by atoms with E-state index in [4.69, 9.17) is 15.3 Å².